The molecule has 0 saturated heterocycles. The fourth-order valence-electron chi connectivity index (χ4n) is 2.86. The molecule has 5 nitrogen and oxygen atoms in total. The maximum absolute atomic E-state index is 4.77. The van der Waals surface area contributed by atoms with Crippen LogP contribution in [0.15, 0.2) is 72.0 Å². The van der Waals surface area contributed by atoms with Crippen molar-refractivity contribution in [2.45, 2.75) is 32.7 Å². The van der Waals surface area contributed by atoms with Crippen LogP contribution in [0.25, 0.3) is 5.32 Å². The van der Waals surface area contributed by atoms with Gasteiger partial charge in [0.1, 0.15) is 0 Å². The Labute approximate surface area is 183 Å². The summed E-state index contributed by atoms with van der Waals surface area (Å²) in [6.07, 6.45) is 5.31. The summed E-state index contributed by atoms with van der Waals surface area (Å²) in [4.78, 5) is 18.1. The molecule has 3 heterocycles. The molecule has 0 fully saturated rings. The van der Waals surface area contributed by atoms with E-state index in [-0.39, 0.29) is 22.8 Å². The average molecular weight is 432 g/mol. The van der Waals surface area contributed by atoms with E-state index in [9.17, 15) is 0 Å². The van der Waals surface area contributed by atoms with Crippen molar-refractivity contribution in [3.63, 3.8) is 0 Å². The zero-order valence-electron chi connectivity index (χ0n) is 16.8. The summed E-state index contributed by atoms with van der Waals surface area (Å²) in [6.45, 7) is 5.53. The van der Waals surface area contributed by atoms with Gasteiger partial charge in [0.2, 0.25) is 0 Å². The molecule has 6 heteroatoms. The quantitative estimate of drug-likeness (QED) is 0.473. The maximum atomic E-state index is 4.77. The Morgan fingerprint density at radius 1 is 0.931 bits per heavy atom. The molecule has 0 aromatic carbocycles. The van der Waals surface area contributed by atoms with Crippen molar-refractivity contribution in [3.8, 4) is 0 Å². The summed E-state index contributed by atoms with van der Waals surface area (Å²) in [7, 11) is 0. The first-order valence-electron chi connectivity index (χ1n) is 9.67. The topological polar surface area (TPSA) is 65.1 Å². The fraction of sp³-hybridized carbons (Fsp3) is 0.304. The van der Waals surface area contributed by atoms with E-state index in [4.69, 9.17) is 10.3 Å². The Kier molecular flexibility index (Phi) is 9.63. The van der Waals surface area contributed by atoms with Gasteiger partial charge in [-0.25, -0.2) is 0 Å². The Hall–Kier alpha value is -2.41. The summed E-state index contributed by atoms with van der Waals surface area (Å²) >= 11 is 0. The zero-order valence-corrected chi connectivity index (χ0v) is 18.0. The van der Waals surface area contributed by atoms with E-state index in [0.29, 0.717) is 6.54 Å². The molecule has 3 rings (SSSR count). The van der Waals surface area contributed by atoms with E-state index in [1.165, 1.54) is 0 Å². The van der Waals surface area contributed by atoms with Gasteiger partial charge in [0.05, 0.1) is 11.4 Å². The molecule has 3 aromatic rings. The number of aliphatic imine (C=N–C) groups is 1. The van der Waals surface area contributed by atoms with Gasteiger partial charge in [-0.2, -0.15) is 0 Å². The van der Waals surface area contributed by atoms with Crippen LogP contribution in [-0.4, -0.2) is 33.8 Å². The van der Waals surface area contributed by atoms with Crippen LogP contribution >= 0.6 is 0 Å². The van der Waals surface area contributed by atoms with Crippen molar-refractivity contribution in [3.05, 3.63) is 95.1 Å². The molecule has 0 radical (unpaired) electrons. The average Bonchev–Trinajstić information content (AvgIpc) is 2.75. The van der Waals surface area contributed by atoms with Crippen LogP contribution in [0, 0.1) is 0 Å². The summed E-state index contributed by atoms with van der Waals surface area (Å²) < 4.78 is 0. The van der Waals surface area contributed by atoms with Crippen LogP contribution in [0.2, 0.25) is 0 Å². The molecule has 0 spiro atoms. The summed E-state index contributed by atoms with van der Waals surface area (Å²) in [5.41, 5.74) is 4.94. The first-order valence-corrected chi connectivity index (χ1v) is 9.67. The van der Waals surface area contributed by atoms with Gasteiger partial charge in [-0.1, -0.05) is 31.2 Å². The minimum atomic E-state index is 0. The molecule has 29 heavy (non-hydrogen) atoms. The molecule has 3 aromatic heterocycles. The molecule has 1 atom stereocenters. The summed E-state index contributed by atoms with van der Waals surface area (Å²) in [5, 5.41) is 4.74. The van der Waals surface area contributed by atoms with E-state index in [1.54, 1.807) is 0 Å². The number of nitrogens with zero attached hydrogens (tertiary/aromatic N) is 5. The van der Waals surface area contributed by atoms with E-state index < -0.39 is 0 Å². The van der Waals surface area contributed by atoms with Crippen LogP contribution in [-0.2, 0) is 29.6 Å². The molecule has 0 aliphatic heterocycles. The van der Waals surface area contributed by atoms with E-state index >= 15 is 0 Å². The van der Waals surface area contributed by atoms with Crippen molar-refractivity contribution < 1.29 is 16.8 Å². The predicted molar refractivity (Wildman–Crippen MR) is 115 cm³/mol. The monoisotopic (exact) mass is 432 g/mol. The molecule has 0 amide bonds. The van der Waals surface area contributed by atoms with Gasteiger partial charge < -0.3 is 5.32 Å². The molecular formula is C23H27CoN5. The molecule has 0 aliphatic rings. The number of rotatable bonds is 9. The van der Waals surface area contributed by atoms with Gasteiger partial charge in [0.25, 0.3) is 0 Å². The standard InChI is InChI=1S/C23H26N5.Co.H/c1-18(24-16-12-20-8-3-5-14-26-20)22-10-7-11-23(28-22)19(2)25-17-13-21-9-4-6-15-27-21;;/h3-11,14-15,18H,12-13,16-17H2,1-2H3;;/q-1;+1;. The van der Waals surface area contributed by atoms with Crippen LogP contribution in [0.5, 0.6) is 0 Å². The van der Waals surface area contributed by atoms with Crippen LogP contribution in [0.4, 0.5) is 0 Å². The third-order valence-corrected chi connectivity index (χ3v) is 4.51. The van der Waals surface area contributed by atoms with Gasteiger partial charge in [-0.05, 0) is 49.7 Å². The van der Waals surface area contributed by atoms with Gasteiger partial charge >= 0.3 is 16.8 Å². The van der Waals surface area contributed by atoms with Gasteiger partial charge in [0, 0.05) is 42.4 Å². The van der Waals surface area contributed by atoms with Crippen molar-refractivity contribution >= 4 is 5.71 Å². The molecule has 0 N–H and O–H groups in total. The van der Waals surface area contributed by atoms with Crippen LogP contribution in [0.3, 0.4) is 0 Å². The molecule has 1 unspecified atom stereocenters. The molecule has 153 valence electrons. The van der Waals surface area contributed by atoms with Crippen molar-refractivity contribution in [1.82, 2.24) is 15.0 Å². The Morgan fingerprint density at radius 2 is 1.62 bits per heavy atom. The second kappa shape index (κ2) is 12.2. The summed E-state index contributed by atoms with van der Waals surface area (Å²) in [6, 6.07) is 18.0. The predicted octanol–water partition coefficient (Wildman–Crippen LogP) is 4.33. The Bertz CT molecular complexity index is 884. The third-order valence-electron chi connectivity index (χ3n) is 4.51. The SMILES string of the molecule is CC(=NCCc1ccccn1)c1cccc(C(C)[N-]CCc2ccccn2)n1.[CoH+]. The molecular weight excluding hydrogens is 405 g/mol. The minimum absolute atomic E-state index is 0. The van der Waals surface area contributed by atoms with Crippen molar-refractivity contribution in [2.75, 3.05) is 13.1 Å². The second-order valence-electron chi connectivity index (χ2n) is 6.64. The second-order valence-corrected chi connectivity index (χ2v) is 6.64. The number of aromatic nitrogens is 3. The first-order chi connectivity index (χ1) is 13.7. The van der Waals surface area contributed by atoms with Gasteiger partial charge in [-0.15, -0.1) is 6.54 Å². The van der Waals surface area contributed by atoms with Crippen molar-refractivity contribution in [2.24, 2.45) is 4.99 Å². The molecule has 0 bridgehead atoms. The molecule has 0 aliphatic carbocycles. The number of pyridine rings is 3. The summed E-state index contributed by atoms with van der Waals surface area (Å²) in [5.74, 6) is 0. The normalized spacial score (nSPS) is 12.3. The van der Waals surface area contributed by atoms with E-state index in [1.807, 2.05) is 73.9 Å². The van der Waals surface area contributed by atoms with E-state index in [2.05, 4.69) is 21.9 Å². The number of hydrogen-bond donors (Lipinski definition) is 0. The number of hydrogen-bond acceptors (Lipinski definition) is 4. The van der Waals surface area contributed by atoms with Crippen molar-refractivity contribution in [1.29, 1.82) is 0 Å². The van der Waals surface area contributed by atoms with E-state index in [0.717, 1.165) is 47.9 Å². The molecule has 0 saturated carbocycles. The van der Waals surface area contributed by atoms with Crippen LogP contribution < -0.4 is 0 Å². The third kappa shape index (κ3) is 7.49. The zero-order chi connectivity index (χ0) is 19.6. The van der Waals surface area contributed by atoms with Crippen LogP contribution in [0.1, 0.15) is 42.7 Å². The first kappa shape index (κ1) is 22.9. The van der Waals surface area contributed by atoms with Gasteiger partial charge in [-0.3, -0.25) is 19.9 Å². The van der Waals surface area contributed by atoms with Gasteiger partial charge in [0.15, 0.2) is 0 Å². The Morgan fingerprint density at radius 3 is 2.28 bits per heavy atom. The fourth-order valence-corrected chi connectivity index (χ4v) is 2.86. The Balaban J connectivity index is 0.00000300.